The summed E-state index contributed by atoms with van der Waals surface area (Å²) in [6.07, 6.45) is -0.638. The van der Waals surface area contributed by atoms with E-state index in [0.29, 0.717) is 12.8 Å². The Kier molecular flexibility index (Phi) is 3.97. The van der Waals surface area contributed by atoms with Gasteiger partial charge < -0.3 is 14.7 Å². The highest BCUT2D eigenvalue weighted by Gasteiger charge is 2.61. The predicted octanol–water partition coefficient (Wildman–Crippen LogP) is 1.16. The molecule has 0 spiro atoms. The summed E-state index contributed by atoms with van der Waals surface area (Å²) in [5, 5.41) is 9.33. The molecule has 1 amide bonds. The van der Waals surface area contributed by atoms with Gasteiger partial charge >= 0.3 is 11.9 Å². The van der Waals surface area contributed by atoms with Crippen LogP contribution in [0.2, 0.25) is 0 Å². The van der Waals surface area contributed by atoms with Gasteiger partial charge in [0.05, 0.1) is 5.56 Å². The van der Waals surface area contributed by atoms with E-state index in [1.807, 2.05) is 0 Å². The highest BCUT2D eigenvalue weighted by atomic mass is 16.6. The number of amides is 1. The van der Waals surface area contributed by atoms with Crippen molar-refractivity contribution in [2.75, 3.05) is 14.1 Å². The minimum atomic E-state index is -1.29. The normalized spacial score (nSPS) is 16.7. The quantitative estimate of drug-likeness (QED) is 0.823. The number of nitrogens with zero attached hydrogens (tertiary/aromatic N) is 1. The number of hydrogen-bond donors (Lipinski definition) is 1. The standard InChI is InChI=1S/C15H17NO5/c1-16(2)12(17)11(15(8-9-15)14(19)20)21-13(18)10-6-4-3-5-7-10/h3-7,11H,8-9H2,1-2H3,(H,19,20). The predicted molar refractivity (Wildman–Crippen MR) is 73.6 cm³/mol. The second kappa shape index (κ2) is 5.55. The van der Waals surface area contributed by atoms with E-state index in [-0.39, 0.29) is 5.56 Å². The number of carbonyl (C=O) groups is 3. The van der Waals surface area contributed by atoms with Crippen molar-refractivity contribution in [1.82, 2.24) is 4.90 Å². The molecule has 1 atom stereocenters. The monoisotopic (exact) mass is 291 g/mol. The molecular formula is C15H17NO5. The van der Waals surface area contributed by atoms with E-state index >= 15 is 0 Å². The van der Waals surface area contributed by atoms with E-state index in [2.05, 4.69) is 0 Å². The Morgan fingerprint density at radius 3 is 2.19 bits per heavy atom. The third kappa shape index (κ3) is 2.89. The molecule has 1 saturated carbocycles. The van der Waals surface area contributed by atoms with Crippen LogP contribution < -0.4 is 0 Å². The second-order valence-electron chi connectivity index (χ2n) is 5.35. The van der Waals surface area contributed by atoms with Gasteiger partial charge in [0.15, 0.2) is 6.10 Å². The molecule has 1 aliphatic carbocycles. The zero-order valence-corrected chi connectivity index (χ0v) is 11.9. The van der Waals surface area contributed by atoms with Crippen LogP contribution in [0, 0.1) is 5.41 Å². The lowest BCUT2D eigenvalue weighted by Crippen LogP contribution is -2.46. The maximum absolute atomic E-state index is 12.2. The van der Waals surface area contributed by atoms with Gasteiger partial charge in [-0.2, -0.15) is 0 Å². The van der Waals surface area contributed by atoms with Gasteiger partial charge in [-0.05, 0) is 25.0 Å². The summed E-state index contributed by atoms with van der Waals surface area (Å²) in [6, 6.07) is 8.20. The summed E-state index contributed by atoms with van der Waals surface area (Å²) in [4.78, 5) is 36.9. The number of likely N-dealkylation sites (N-methyl/N-ethyl adjacent to an activating group) is 1. The fraction of sp³-hybridized carbons (Fsp3) is 0.400. The van der Waals surface area contributed by atoms with E-state index in [1.54, 1.807) is 30.3 Å². The molecule has 6 nitrogen and oxygen atoms in total. The Bertz CT molecular complexity index is 563. The van der Waals surface area contributed by atoms with E-state index < -0.39 is 29.4 Å². The SMILES string of the molecule is CN(C)C(=O)C(OC(=O)c1ccccc1)C1(C(=O)O)CC1. The lowest BCUT2D eigenvalue weighted by atomic mass is 9.98. The van der Waals surface area contributed by atoms with Gasteiger partial charge in [0.25, 0.3) is 5.91 Å². The molecule has 21 heavy (non-hydrogen) atoms. The third-order valence-corrected chi connectivity index (χ3v) is 3.62. The first-order valence-corrected chi connectivity index (χ1v) is 6.59. The third-order valence-electron chi connectivity index (χ3n) is 3.62. The number of carboxylic acids is 1. The molecule has 0 bridgehead atoms. The van der Waals surface area contributed by atoms with Crippen LogP contribution in [0.4, 0.5) is 0 Å². The topological polar surface area (TPSA) is 83.9 Å². The maximum atomic E-state index is 12.2. The molecule has 2 rings (SSSR count). The van der Waals surface area contributed by atoms with E-state index in [0.717, 1.165) is 0 Å². The molecule has 1 N–H and O–H groups in total. The van der Waals surface area contributed by atoms with E-state index in [1.165, 1.54) is 19.0 Å². The molecule has 1 aromatic carbocycles. The van der Waals surface area contributed by atoms with Crippen molar-refractivity contribution in [3.05, 3.63) is 35.9 Å². The van der Waals surface area contributed by atoms with Crippen molar-refractivity contribution >= 4 is 17.8 Å². The maximum Gasteiger partial charge on any atom is 0.338 e. The molecule has 0 aliphatic heterocycles. The molecule has 0 heterocycles. The molecule has 1 aliphatic rings. The van der Waals surface area contributed by atoms with Crippen LogP contribution in [0.15, 0.2) is 30.3 Å². The Morgan fingerprint density at radius 1 is 1.19 bits per heavy atom. The van der Waals surface area contributed by atoms with Crippen molar-refractivity contribution in [3.8, 4) is 0 Å². The van der Waals surface area contributed by atoms with Gasteiger partial charge in [-0.3, -0.25) is 9.59 Å². The number of esters is 1. The lowest BCUT2D eigenvalue weighted by Gasteiger charge is -2.25. The number of aliphatic carboxylic acids is 1. The van der Waals surface area contributed by atoms with Crippen molar-refractivity contribution in [1.29, 1.82) is 0 Å². The zero-order chi connectivity index (χ0) is 15.6. The molecular weight excluding hydrogens is 274 g/mol. The Labute approximate surface area is 122 Å². The van der Waals surface area contributed by atoms with Crippen LogP contribution in [-0.4, -0.2) is 48.1 Å². The van der Waals surface area contributed by atoms with Crippen molar-refractivity contribution in [2.45, 2.75) is 18.9 Å². The van der Waals surface area contributed by atoms with Gasteiger partial charge in [-0.15, -0.1) is 0 Å². The Balaban J connectivity index is 2.24. The van der Waals surface area contributed by atoms with Gasteiger partial charge in [0, 0.05) is 14.1 Å². The average molecular weight is 291 g/mol. The summed E-state index contributed by atoms with van der Waals surface area (Å²) >= 11 is 0. The van der Waals surface area contributed by atoms with Gasteiger partial charge in [0.2, 0.25) is 0 Å². The van der Waals surface area contributed by atoms with Gasteiger partial charge in [-0.25, -0.2) is 4.79 Å². The largest absolute Gasteiger partial charge is 0.481 e. The molecule has 0 saturated heterocycles. The van der Waals surface area contributed by atoms with Crippen LogP contribution in [0.5, 0.6) is 0 Å². The number of rotatable bonds is 5. The molecule has 112 valence electrons. The first-order valence-electron chi connectivity index (χ1n) is 6.59. The first kappa shape index (κ1) is 15.0. The number of hydrogen-bond acceptors (Lipinski definition) is 4. The molecule has 1 aromatic rings. The molecule has 0 radical (unpaired) electrons. The summed E-state index contributed by atoms with van der Waals surface area (Å²) in [7, 11) is 3.01. The molecule has 1 unspecified atom stereocenters. The summed E-state index contributed by atoms with van der Waals surface area (Å²) in [6.45, 7) is 0. The molecule has 0 aromatic heterocycles. The zero-order valence-electron chi connectivity index (χ0n) is 11.9. The van der Waals surface area contributed by atoms with Crippen molar-refractivity contribution < 1.29 is 24.2 Å². The van der Waals surface area contributed by atoms with Crippen LogP contribution in [0.1, 0.15) is 23.2 Å². The minimum Gasteiger partial charge on any atom is -0.481 e. The summed E-state index contributed by atoms with van der Waals surface area (Å²) in [5.41, 5.74) is -0.999. The van der Waals surface area contributed by atoms with Gasteiger partial charge in [-0.1, -0.05) is 18.2 Å². The number of carbonyl (C=O) groups excluding carboxylic acids is 2. The second-order valence-corrected chi connectivity index (χ2v) is 5.35. The number of ether oxygens (including phenoxy) is 1. The lowest BCUT2D eigenvalue weighted by molar-refractivity contribution is -0.157. The van der Waals surface area contributed by atoms with E-state index in [4.69, 9.17) is 4.74 Å². The van der Waals surface area contributed by atoms with Gasteiger partial charge in [0.1, 0.15) is 5.41 Å². The van der Waals surface area contributed by atoms with Crippen LogP contribution in [0.3, 0.4) is 0 Å². The molecule has 1 fully saturated rings. The van der Waals surface area contributed by atoms with Crippen LogP contribution in [-0.2, 0) is 14.3 Å². The first-order chi connectivity index (χ1) is 9.88. The Hall–Kier alpha value is -2.37. The van der Waals surface area contributed by atoms with Crippen molar-refractivity contribution in [3.63, 3.8) is 0 Å². The Morgan fingerprint density at radius 2 is 1.76 bits per heavy atom. The fourth-order valence-corrected chi connectivity index (χ4v) is 2.11. The van der Waals surface area contributed by atoms with Crippen LogP contribution in [0.25, 0.3) is 0 Å². The summed E-state index contributed by atoms with van der Waals surface area (Å²) < 4.78 is 5.24. The molecule has 6 heteroatoms. The highest BCUT2D eigenvalue weighted by molar-refractivity contribution is 5.95. The average Bonchev–Trinajstić information content (AvgIpc) is 3.26. The number of benzene rings is 1. The summed E-state index contributed by atoms with van der Waals surface area (Å²) in [5.74, 6) is -2.31. The minimum absolute atomic E-state index is 0.287. The smallest absolute Gasteiger partial charge is 0.338 e. The van der Waals surface area contributed by atoms with Crippen molar-refractivity contribution in [2.24, 2.45) is 5.41 Å². The fourth-order valence-electron chi connectivity index (χ4n) is 2.11. The van der Waals surface area contributed by atoms with E-state index in [9.17, 15) is 19.5 Å². The highest BCUT2D eigenvalue weighted by Crippen LogP contribution is 2.50. The number of carboxylic acid groups (broad SMARTS) is 1. The van der Waals surface area contributed by atoms with Crippen LogP contribution >= 0.6 is 0 Å².